The van der Waals surface area contributed by atoms with Crippen molar-refractivity contribution < 1.29 is 35.1 Å². The second-order valence-corrected chi connectivity index (χ2v) is 10.8. The predicted molar refractivity (Wildman–Crippen MR) is 135 cm³/mol. The van der Waals surface area contributed by atoms with Crippen molar-refractivity contribution in [2.75, 3.05) is 0 Å². The van der Waals surface area contributed by atoms with Crippen molar-refractivity contribution in [1.82, 2.24) is 8.75 Å². The van der Waals surface area contributed by atoms with E-state index >= 15 is 0 Å². The van der Waals surface area contributed by atoms with Gasteiger partial charge in [-0.25, -0.2) is 35.1 Å². The van der Waals surface area contributed by atoms with Gasteiger partial charge in [-0.3, -0.25) is 0 Å². The minimum Gasteiger partial charge on any atom is -0.204 e. The number of halogens is 8. The third-order valence-corrected chi connectivity index (χ3v) is 8.73. The standard InChI is InChI=1S/C26H8F8N2S3/c27-13-7-11(19(29)23(33)21(13)31)17-5-3-15(37-17)9-1-2-10(26-25(9)35-39-36-26)16-4-6-18(38-16)12-8-14(28)22(32)24(34)20(12)30/h1-8H. The number of nitrogens with zero attached hydrogens (tertiary/aromatic N) is 2. The molecule has 0 amide bonds. The van der Waals surface area contributed by atoms with Crippen LogP contribution in [0.25, 0.3) is 52.8 Å². The average molecular weight is 597 g/mol. The molecule has 0 aliphatic rings. The fraction of sp³-hybridized carbons (Fsp3) is 0. The lowest BCUT2D eigenvalue weighted by atomic mass is 10.1. The van der Waals surface area contributed by atoms with Crippen LogP contribution in [0.5, 0.6) is 0 Å². The van der Waals surface area contributed by atoms with Gasteiger partial charge in [0.15, 0.2) is 46.5 Å². The van der Waals surface area contributed by atoms with E-state index in [-0.39, 0.29) is 9.75 Å². The lowest BCUT2D eigenvalue weighted by Crippen LogP contribution is -1.97. The number of fused-ring (bicyclic) bond motifs is 1. The van der Waals surface area contributed by atoms with Crippen molar-refractivity contribution in [2.24, 2.45) is 0 Å². The molecular formula is C26H8F8N2S3. The van der Waals surface area contributed by atoms with Crippen LogP contribution in [0.1, 0.15) is 0 Å². The van der Waals surface area contributed by atoms with E-state index in [0.717, 1.165) is 34.4 Å². The summed E-state index contributed by atoms with van der Waals surface area (Å²) in [6, 6.07) is 10.6. The molecule has 0 atom stereocenters. The maximum atomic E-state index is 14.3. The third kappa shape index (κ3) is 4.12. The number of benzene rings is 3. The molecule has 13 heteroatoms. The highest BCUT2D eigenvalue weighted by molar-refractivity contribution is 7.19. The quantitative estimate of drug-likeness (QED) is 0.115. The van der Waals surface area contributed by atoms with Gasteiger partial charge in [0.2, 0.25) is 0 Å². The van der Waals surface area contributed by atoms with Crippen LogP contribution in [0.2, 0.25) is 0 Å². The van der Waals surface area contributed by atoms with E-state index in [9.17, 15) is 35.1 Å². The molecule has 0 bridgehead atoms. The number of rotatable bonds is 4. The molecule has 0 unspecified atom stereocenters. The molecule has 0 saturated heterocycles. The molecule has 0 N–H and O–H groups in total. The Hall–Kier alpha value is -3.68. The highest BCUT2D eigenvalue weighted by Crippen LogP contribution is 2.43. The zero-order chi connectivity index (χ0) is 27.6. The summed E-state index contributed by atoms with van der Waals surface area (Å²) in [6.07, 6.45) is 0. The Morgan fingerprint density at radius 2 is 0.769 bits per heavy atom. The van der Waals surface area contributed by atoms with Gasteiger partial charge in [-0.2, -0.15) is 8.75 Å². The maximum Gasteiger partial charge on any atom is 0.198 e. The zero-order valence-electron chi connectivity index (χ0n) is 18.8. The molecule has 6 aromatic rings. The van der Waals surface area contributed by atoms with E-state index in [1.165, 1.54) is 12.1 Å². The number of aromatic nitrogens is 2. The third-order valence-electron chi connectivity index (χ3n) is 5.89. The van der Waals surface area contributed by atoms with Gasteiger partial charge in [0.1, 0.15) is 11.0 Å². The molecular weight excluding hydrogens is 588 g/mol. The van der Waals surface area contributed by atoms with E-state index in [2.05, 4.69) is 8.75 Å². The zero-order valence-corrected chi connectivity index (χ0v) is 21.2. The molecule has 0 aliphatic heterocycles. The number of hydrogen-bond acceptors (Lipinski definition) is 5. The first kappa shape index (κ1) is 25.6. The Kier molecular flexibility index (Phi) is 6.24. The molecule has 0 fully saturated rings. The van der Waals surface area contributed by atoms with Crippen LogP contribution in [-0.2, 0) is 0 Å². The summed E-state index contributed by atoms with van der Waals surface area (Å²) in [7, 11) is 0. The van der Waals surface area contributed by atoms with Crippen molar-refractivity contribution in [3.8, 4) is 41.8 Å². The molecule has 3 aromatic heterocycles. The van der Waals surface area contributed by atoms with Gasteiger partial charge in [0.25, 0.3) is 0 Å². The van der Waals surface area contributed by atoms with Gasteiger partial charge in [-0.1, -0.05) is 12.1 Å². The highest BCUT2D eigenvalue weighted by Gasteiger charge is 2.23. The van der Waals surface area contributed by atoms with Crippen molar-refractivity contribution in [3.63, 3.8) is 0 Å². The predicted octanol–water partition coefficient (Wildman–Crippen LogP) is 9.60. The van der Waals surface area contributed by atoms with Crippen molar-refractivity contribution in [3.05, 3.63) is 95.1 Å². The first-order valence-corrected chi connectivity index (χ1v) is 13.1. The van der Waals surface area contributed by atoms with Crippen molar-refractivity contribution in [1.29, 1.82) is 0 Å². The Morgan fingerprint density at radius 1 is 0.410 bits per heavy atom. The topological polar surface area (TPSA) is 25.8 Å². The van der Waals surface area contributed by atoms with Crippen LogP contribution in [0.15, 0.2) is 48.5 Å². The highest BCUT2D eigenvalue weighted by atomic mass is 32.1. The second kappa shape index (κ2) is 9.50. The Labute approximate surface area is 225 Å². The maximum absolute atomic E-state index is 14.3. The van der Waals surface area contributed by atoms with Crippen LogP contribution >= 0.6 is 34.4 Å². The minimum absolute atomic E-state index is 0.157. The largest absolute Gasteiger partial charge is 0.204 e. The lowest BCUT2D eigenvalue weighted by molar-refractivity contribution is 0.411. The van der Waals surface area contributed by atoms with E-state index in [4.69, 9.17) is 0 Å². The molecule has 3 heterocycles. The van der Waals surface area contributed by atoms with Gasteiger partial charge in [-0.05, 0) is 36.4 Å². The normalized spacial score (nSPS) is 11.6. The Morgan fingerprint density at radius 3 is 1.15 bits per heavy atom. The van der Waals surface area contributed by atoms with Gasteiger partial charge in [0, 0.05) is 41.8 Å². The van der Waals surface area contributed by atoms with E-state index in [1.54, 1.807) is 24.3 Å². The monoisotopic (exact) mass is 596 g/mol. The van der Waals surface area contributed by atoms with E-state index < -0.39 is 57.7 Å². The molecule has 0 spiro atoms. The fourth-order valence-corrected chi connectivity index (χ4v) is 6.68. The molecule has 2 nitrogen and oxygen atoms in total. The molecule has 39 heavy (non-hydrogen) atoms. The van der Waals surface area contributed by atoms with E-state index in [1.807, 2.05) is 0 Å². The summed E-state index contributed by atoms with van der Waals surface area (Å²) in [5, 5.41) is 0. The number of hydrogen-bond donors (Lipinski definition) is 0. The molecule has 0 aliphatic carbocycles. The van der Waals surface area contributed by atoms with Crippen molar-refractivity contribution in [2.45, 2.75) is 0 Å². The summed E-state index contributed by atoms with van der Waals surface area (Å²) in [6.45, 7) is 0. The first-order chi connectivity index (χ1) is 18.7. The smallest absolute Gasteiger partial charge is 0.198 e. The molecule has 0 saturated carbocycles. The average Bonchev–Trinajstić information content (AvgIpc) is 3.71. The van der Waals surface area contributed by atoms with Crippen LogP contribution in [0.3, 0.4) is 0 Å². The van der Waals surface area contributed by atoms with Crippen LogP contribution < -0.4 is 0 Å². The summed E-state index contributed by atoms with van der Waals surface area (Å²) in [5.74, 6) is -13.7. The molecule has 196 valence electrons. The minimum atomic E-state index is -1.91. The van der Waals surface area contributed by atoms with Gasteiger partial charge in [0.05, 0.1) is 11.7 Å². The van der Waals surface area contributed by atoms with Crippen LogP contribution in [-0.4, -0.2) is 8.75 Å². The first-order valence-electron chi connectivity index (χ1n) is 10.8. The summed E-state index contributed by atoms with van der Waals surface area (Å²) in [4.78, 5) is 1.43. The molecule has 3 aromatic carbocycles. The summed E-state index contributed by atoms with van der Waals surface area (Å²) in [5.41, 5.74) is 1.18. The Balaban J connectivity index is 1.40. The molecule has 6 rings (SSSR count). The summed E-state index contributed by atoms with van der Waals surface area (Å²) >= 11 is 2.91. The van der Waals surface area contributed by atoms with Gasteiger partial charge >= 0.3 is 0 Å². The SMILES string of the molecule is Fc1cc(-c2ccc(-c3ccc(-c4ccc(-c5cc(F)c(F)c(F)c5F)s4)c4nsnc34)s2)c(F)c(F)c1F. The van der Waals surface area contributed by atoms with Crippen molar-refractivity contribution >= 4 is 45.4 Å². The van der Waals surface area contributed by atoms with Crippen LogP contribution in [0, 0.1) is 46.5 Å². The molecule has 0 radical (unpaired) electrons. The number of thiophene rings is 2. The van der Waals surface area contributed by atoms with Crippen LogP contribution in [0.4, 0.5) is 35.1 Å². The van der Waals surface area contributed by atoms with Gasteiger partial charge < -0.3 is 0 Å². The Bertz CT molecular complexity index is 1790. The fourth-order valence-electron chi connectivity index (χ4n) is 4.02. The van der Waals surface area contributed by atoms with E-state index in [0.29, 0.717) is 44.0 Å². The summed E-state index contributed by atoms with van der Waals surface area (Å²) < 4.78 is 119. The van der Waals surface area contributed by atoms with Gasteiger partial charge in [-0.15, -0.1) is 22.7 Å². The lowest BCUT2D eigenvalue weighted by Gasteiger charge is -2.05. The second-order valence-electron chi connectivity index (χ2n) is 8.15.